The quantitative estimate of drug-likeness (QED) is 0.0143. The molecule has 40 heteroatoms. The first-order valence-electron chi connectivity index (χ1n) is 29.3. The van der Waals surface area contributed by atoms with Gasteiger partial charge in [0.15, 0.2) is 17.9 Å². The molecule has 0 radical (unpaired) electrons. The molecule has 0 aliphatic heterocycles. The molecule has 0 unspecified atom stereocenters. The number of carbonyl (C=O) groups excluding carboxylic acids is 10. The zero-order chi connectivity index (χ0) is 70.4. The van der Waals surface area contributed by atoms with Crippen LogP contribution in [0.4, 0.5) is 0 Å². The molecule has 0 saturated carbocycles. The number of hydrogen-bond acceptors (Lipinski definition) is 19. The fraction of sp³-hybridized carbons (Fsp3) is 0.537. The Kier molecular flexibility index (Phi) is 31.5. The van der Waals surface area contributed by atoms with Gasteiger partial charge in [0.05, 0.1) is 19.6 Å². The third-order valence-electron chi connectivity index (χ3n) is 13.5. The lowest BCUT2D eigenvalue weighted by molar-refractivity contribution is -0.138. The minimum absolute atomic E-state index is 0.0100. The standard InChI is InChI=1S/C54H84N24O16/c1-30-21-76(52(92)70-43(30)86)27-40(83)73(24-33(4)79)18-15-62-47(90)36(10-7-13-65-50(57)58)68-39(82)26-75(42(85)29-78-23-32(3)45(88)72-54(78)94)20-17-63-48(91)37(11-8-14-66-51(59)60)69-38(81)25-74(41(84)28-77-22-31(2)44(87)71-53(77)93)19-16-61-46(89)35(67-34(5)80)9-6-12-64-49(55)56/h21-23,35-37H,6-20,24-29H2,1-5H3,(H,61,89)(H,62,90)(H,63,91)(H,67,80)(H,68,82)(H,69,81)(H4,55,56,64)(H4,57,58,65)(H4,59,60,66)(H,70,86,92)(H,71,87,93)(H,72,88,94)/t35-,36-,37-/m0/s1. The number of aromatic amines is 3. The van der Waals surface area contributed by atoms with E-state index in [-0.39, 0.29) is 112 Å². The first-order chi connectivity index (χ1) is 44.2. The number of nitrogens with two attached hydrogens (primary N) is 6. The predicted molar refractivity (Wildman–Crippen MR) is 339 cm³/mol. The molecule has 3 heterocycles. The summed E-state index contributed by atoms with van der Waals surface area (Å²) >= 11 is 0. The van der Waals surface area contributed by atoms with Crippen LogP contribution in [0.5, 0.6) is 0 Å². The number of H-pyrrole nitrogens is 3. The highest BCUT2D eigenvalue weighted by molar-refractivity contribution is 5.92. The van der Waals surface area contributed by atoms with Crippen LogP contribution in [0.2, 0.25) is 0 Å². The van der Waals surface area contributed by atoms with E-state index >= 15 is 0 Å². The lowest BCUT2D eigenvalue weighted by atomic mass is 10.1. The van der Waals surface area contributed by atoms with Crippen molar-refractivity contribution in [1.82, 2.24) is 75.3 Å². The number of aryl methyl sites for hydroxylation is 3. The van der Waals surface area contributed by atoms with Gasteiger partial charge in [-0.15, -0.1) is 0 Å². The average Bonchev–Trinajstić information content (AvgIpc) is 0.896. The van der Waals surface area contributed by atoms with E-state index in [9.17, 15) is 76.7 Å². The van der Waals surface area contributed by atoms with E-state index in [2.05, 4.69) is 61.8 Å². The third-order valence-corrected chi connectivity index (χ3v) is 13.5. The molecule has 516 valence electrons. The second kappa shape index (κ2) is 38.4. The monoisotopic (exact) mass is 1320 g/mol. The molecule has 94 heavy (non-hydrogen) atoms. The van der Waals surface area contributed by atoms with Crippen LogP contribution in [0.1, 0.15) is 69.1 Å². The Morgan fingerprint density at radius 3 is 0.989 bits per heavy atom. The van der Waals surface area contributed by atoms with Crippen molar-refractivity contribution in [1.29, 1.82) is 0 Å². The summed E-state index contributed by atoms with van der Waals surface area (Å²) in [4.78, 5) is 230. The van der Waals surface area contributed by atoms with E-state index in [0.29, 0.717) is 0 Å². The van der Waals surface area contributed by atoms with Gasteiger partial charge in [-0.05, 0) is 66.2 Å². The second-order valence-corrected chi connectivity index (χ2v) is 21.5. The number of Topliss-reactive ketones (excluding diaryl/α,β-unsaturated/α-hetero) is 1. The summed E-state index contributed by atoms with van der Waals surface area (Å²) in [6.07, 6.45) is 3.64. The average molecular weight is 1330 g/mol. The Labute approximate surface area is 535 Å². The summed E-state index contributed by atoms with van der Waals surface area (Å²) in [6, 6.07) is -3.89. The topological polar surface area (TPSA) is 610 Å². The molecule has 0 saturated heterocycles. The van der Waals surface area contributed by atoms with Crippen LogP contribution >= 0.6 is 0 Å². The molecule has 0 fully saturated rings. The maximum absolute atomic E-state index is 14.1. The molecule has 9 amide bonds. The summed E-state index contributed by atoms with van der Waals surface area (Å²) < 4.78 is 2.67. The molecular weight excluding hydrogens is 1240 g/mol. The number of ketones is 1. The van der Waals surface area contributed by atoms with Crippen LogP contribution < -0.4 is 100 Å². The Hall–Kier alpha value is -11.3. The van der Waals surface area contributed by atoms with Crippen molar-refractivity contribution >= 4 is 76.8 Å². The van der Waals surface area contributed by atoms with Crippen LogP contribution in [0.25, 0.3) is 0 Å². The largest absolute Gasteiger partial charge is 0.370 e. The van der Waals surface area contributed by atoms with Gasteiger partial charge in [-0.3, -0.25) is 106 Å². The Morgan fingerprint density at radius 1 is 0.447 bits per heavy atom. The minimum atomic E-state index is -1.44. The summed E-state index contributed by atoms with van der Waals surface area (Å²) in [5.74, 6) is -8.53. The molecule has 3 aromatic rings. The molecule has 0 spiro atoms. The van der Waals surface area contributed by atoms with Crippen LogP contribution in [0.3, 0.4) is 0 Å². The summed E-state index contributed by atoms with van der Waals surface area (Å²) in [7, 11) is 0. The number of aliphatic imine (C=N–C) groups is 3. The van der Waals surface area contributed by atoms with E-state index in [1.54, 1.807) is 0 Å². The molecule has 0 aliphatic rings. The van der Waals surface area contributed by atoms with Gasteiger partial charge in [-0.25, -0.2) is 14.4 Å². The lowest BCUT2D eigenvalue weighted by Gasteiger charge is -2.26. The highest BCUT2D eigenvalue weighted by atomic mass is 16.2. The van der Waals surface area contributed by atoms with E-state index in [1.807, 2.05) is 0 Å². The van der Waals surface area contributed by atoms with Crippen molar-refractivity contribution in [3.8, 4) is 0 Å². The van der Waals surface area contributed by atoms with Crippen molar-refractivity contribution < 1.29 is 47.9 Å². The molecule has 3 rings (SSSR count). The van der Waals surface area contributed by atoms with Crippen LogP contribution in [0.15, 0.2) is 62.3 Å². The number of guanidine groups is 3. The van der Waals surface area contributed by atoms with Gasteiger partial charge in [0, 0.05) is 101 Å². The number of carbonyl (C=O) groups is 10. The van der Waals surface area contributed by atoms with Crippen LogP contribution in [-0.2, 0) is 67.6 Å². The highest BCUT2D eigenvalue weighted by Crippen LogP contribution is 2.06. The van der Waals surface area contributed by atoms with Crippen molar-refractivity contribution in [2.24, 2.45) is 49.4 Å². The fourth-order valence-corrected chi connectivity index (χ4v) is 8.79. The number of nitrogens with one attached hydrogen (secondary N) is 9. The Balaban J connectivity index is 1.92. The lowest BCUT2D eigenvalue weighted by Crippen LogP contribution is -2.54. The van der Waals surface area contributed by atoms with Gasteiger partial charge in [0.25, 0.3) is 16.7 Å². The van der Waals surface area contributed by atoms with E-state index in [1.165, 1.54) is 40.8 Å². The first kappa shape index (κ1) is 77.0. The smallest absolute Gasteiger partial charge is 0.328 e. The maximum Gasteiger partial charge on any atom is 0.328 e. The number of nitrogens with zero attached hydrogens (tertiary/aromatic N) is 9. The third kappa shape index (κ3) is 27.9. The minimum Gasteiger partial charge on any atom is -0.370 e. The summed E-state index contributed by atoms with van der Waals surface area (Å²) in [5, 5.41) is 15.4. The number of rotatable bonds is 39. The van der Waals surface area contributed by atoms with Crippen molar-refractivity contribution in [2.75, 3.05) is 78.5 Å². The van der Waals surface area contributed by atoms with Crippen molar-refractivity contribution in [2.45, 2.75) is 111 Å². The Bertz CT molecular complexity index is 3680. The van der Waals surface area contributed by atoms with E-state index in [0.717, 1.165) is 40.8 Å². The normalized spacial score (nSPS) is 11.7. The maximum atomic E-state index is 14.1. The Morgan fingerprint density at radius 2 is 0.723 bits per heavy atom. The molecular formula is C54H84N24O16. The van der Waals surface area contributed by atoms with E-state index < -0.39 is 170 Å². The summed E-state index contributed by atoms with van der Waals surface area (Å²) in [6.45, 7) is 0.291. The van der Waals surface area contributed by atoms with Gasteiger partial charge in [0.2, 0.25) is 53.2 Å². The van der Waals surface area contributed by atoms with Crippen LogP contribution in [-0.4, -0.2) is 217 Å². The fourth-order valence-electron chi connectivity index (χ4n) is 8.79. The zero-order valence-corrected chi connectivity index (χ0v) is 52.8. The van der Waals surface area contributed by atoms with E-state index in [4.69, 9.17) is 34.4 Å². The molecule has 3 atom stereocenters. The van der Waals surface area contributed by atoms with Gasteiger partial charge in [-0.1, -0.05) is 0 Å². The van der Waals surface area contributed by atoms with Gasteiger partial charge in [-0.2, -0.15) is 0 Å². The number of amides is 9. The van der Waals surface area contributed by atoms with Crippen LogP contribution in [0, 0.1) is 20.8 Å². The summed E-state index contributed by atoms with van der Waals surface area (Å²) in [5.41, 5.74) is 28.1. The highest BCUT2D eigenvalue weighted by Gasteiger charge is 2.28. The van der Waals surface area contributed by atoms with Gasteiger partial charge in [0.1, 0.15) is 43.5 Å². The van der Waals surface area contributed by atoms with Crippen molar-refractivity contribution in [3.63, 3.8) is 0 Å². The molecule has 40 nitrogen and oxygen atoms in total. The molecule has 0 aliphatic carbocycles. The second-order valence-electron chi connectivity index (χ2n) is 21.5. The SMILES string of the molecule is CC(=O)CN(CCNC(=O)[C@H](CCCN=C(N)N)NC(=O)CN(CCNC(=O)[C@H](CCCN=C(N)N)NC(=O)CN(CCNC(=O)[C@H](CCCN=C(N)N)NC(C)=O)C(=O)Cn1cc(C)c(=O)[nH]c1=O)C(=O)Cn1cc(C)c(=O)[nH]c1=O)C(=O)Cn1cc(C)c(=O)[nH]c1=O. The molecule has 0 aromatic carbocycles. The zero-order valence-electron chi connectivity index (χ0n) is 52.8. The van der Waals surface area contributed by atoms with Gasteiger partial charge >= 0.3 is 17.1 Å². The molecule has 3 aromatic heterocycles. The predicted octanol–water partition coefficient (Wildman–Crippen LogP) is -10.4. The first-order valence-corrected chi connectivity index (χ1v) is 29.3. The number of aromatic nitrogens is 6. The number of hydrogen-bond donors (Lipinski definition) is 15. The molecule has 21 N–H and O–H groups in total. The molecule has 0 bridgehead atoms. The van der Waals surface area contributed by atoms with Gasteiger partial charge < -0.3 is 81.0 Å². The van der Waals surface area contributed by atoms with Crippen molar-refractivity contribution in [3.05, 3.63) is 97.8 Å².